The number of nitrogens with zero attached hydrogens (tertiary/aromatic N) is 1. The number of hydrogen-bond acceptors (Lipinski definition) is 5. The molecule has 2 fully saturated rings. The Hall–Kier alpha value is -2.03. The van der Waals surface area contributed by atoms with Gasteiger partial charge in [0.05, 0.1) is 11.8 Å². The molecule has 2 aliphatic rings. The van der Waals surface area contributed by atoms with Gasteiger partial charge in [-0.3, -0.25) is 4.79 Å². The Kier molecular flexibility index (Phi) is 6.76. The maximum Gasteiger partial charge on any atom is 0.404 e. The van der Waals surface area contributed by atoms with Crippen LogP contribution < -0.4 is 16.0 Å². The first-order valence-electron chi connectivity index (χ1n) is 9.31. The molecule has 2 heterocycles. The van der Waals surface area contributed by atoms with E-state index >= 15 is 0 Å². The third-order valence-electron chi connectivity index (χ3n) is 5.05. The largest absolute Gasteiger partial charge is 0.465 e. The summed E-state index contributed by atoms with van der Waals surface area (Å²) >= 11 is 1.91. The SMILES string of the molecule is O=C(O)NC1CCC(NC(=O)c2cc(F)cnc2NC2CCSCC2)CC1. The quantitative estimate of drug-likeness (QED) is 0.610. The molecule has 1 aromatic rings. The highest BCUT2D eigenvalue weighted by molar-refractivity contribution is 7.99. The Labute approximate surface area is 161 Å². The van der Waals surface area contributed by atoms with E-state index in [0.29, 0.717) is 31.5 Å². The molecule has 3 rings (SSSR count). The van der Waals surface area contributed by atoms with Gasteiger partial charge in [-0.15, -0.1) is 0 Å². The zero-order valence-electron chi connectivity index (χ0n) is 15.0. The van der Waals surface area contributed by atoms with Crippen molar-refractivity contribution in [2.24, 2.45) is 0 Å². The van der Waals surface area contributed by atoms with Crippen LogP contribution >= 0.6 is 11.8 Å². The van der Waals surface area contributed by atoms with E-state index in [-0.39, 0.29) is 29.6 Å². The zero-order valence-corrected chi connectivity index (χ0v) is 15.9. The first-order valence-corrected chi connectivity index (χ1v) is 10.5. The van der Waals surface area contributed by atoms with Gasteiger partial charge in [0.25, 0.3) is 5.91 Å². The Morgan fingerprint density at radius 3 is 2.30 bits per heavy atom. The molecule has 4 N–H and O–H groups in total. The summed E-state index contributed by atoms with van der Waals surface area (Å²) in [5, 5.41) is 17.5. The van der Waals surface area contributed by atoms with Crippen molar-refractivity contribution in [1.29, 1.82) is 0 Å². The Morgan fingerprint density at radius 2 is 1.67 bits per heavy atom. The van der Waals surface area contributed by atoms with Crippen LogP contribution in [0.15, 0.2) is 12.3 Å². The molecule has 9 heteroatoms. The predicted molar refractivity (Wildman–Crippen MR) is 103 cm³/mol. The summed E-state index contributed by atoms with van der Waals surface area (Å²) in [5.41, 5.74) is 0.221. The Morgan fingerprint density at radius 1 is 1.04 bits per heavy atom. The van der Waals surface area contributed by atoms with E-state index in [2.05, 4.69) is 20.9 Å². The molecule has 27 heavy (non-hydrogen) atoms. The van der Waals surface area contributed by atoms with Gasteiger partial charge in [0.1, 0.15) is 11.6 Å². The highest BCUT2D eigenvalue weighted by Gasteiger charge is 2.25. The minimum atomic E-state index is -1.02. The minimum Gasteiger partial charge on any atom is -0.465 e. The lowest BCUT2D eigenvalue weighted by Gasteiger charge is -2.29. The van der Waals surface area contributed by atoms with Crippen LogP contribution in [-0.2, 0) is 0 Å². The van der Waals surface area contributed by atoms with Gasteiger partial charge in [-0.2, -0.15) is 11.8 Å². The Balaban J connectivity index is 1.60. The van der Waals surface area contributed by atoms with Crippen molar-refractivity contribution in [2.45, 2.75) is 56.7 Å². The molecule has 1 saturated heterocycles. The minimum absolute atomic E-state index is 0.0495. The number of amides is 2. The van der Waals surface area contributed by atoms with Crippen molar-refractivity contribution in [2.75, 3.05) is 16.8 Å². The summed E-state index contributed by atoms with van der Waals surface area (Å²) in [6.07, 6.45) is 4.79. The second-order valence-electron chi connectivity index (χ2n) is 7.05. The van der Waals surface area contributed by atoms with Gasteiger partial charge in [0.15, 0.2) is 0 Å². The number of carboxylic acid groups (broad SMARTS) is 1. The fraction of sp³-hybridized carbons (Fsp3) is 0.611. The van der Waals surface area contributed by atoms with Crippen LogP contribution in [0.3, 0.4) is 0 Å². The van der Waals surface area contributed by atoms with Crippen molar-refractivity contribution in [3.63, 3.8) is 0 Å². The summed E-state index contributed by atoms with van der Waals surface area (Å²) in [6.45, 7) is 0. The third kappa shape index (κ3) is 5.72. The normalized spacial score (nSPS) is 23.4. The summed E-state index contributed by atoms with van der Waals surface area (Å²) in [4.78, 5) is 27.5. The van der Waals surface area contributed by atoms with E-state index < -0.39 is 11.9 Å². The lowest BCUT2D eigenvalue weighted by molar-refractivity contribution is 0.0923. The van der Waals surface area contributed by atoms with E-state index in [1.807, 2.05) is 11.8 Å². The number of carbonyl (C=O) groups is 2. The van der Waals surface area contributed by atoms with Crippen molar-refractivity contribution >= 4 is 29.6 Å². The van der Waals surface area contributed by atoms with Gasteiger partial charge < -0.3 is 21.1 Å². The van der Waals surface area contributed by atoms with Crippen molar-refractivity contribution in [3.8, 4) is 0 Å². The summed E-state index contributed by atoms with van der Waals surface area (Å²) in [5.74, 6) is 1.66. The molecule has 7 nitrogen and oxygen atoms in total. The van der Waals surface area contributed by atoms with Crippen LogP contribution in [-0.4, -0.2) is 51.7 Å². The molecule has 0 spiro atoms. The molecular weight excluding hydrogens is 371 g/mol. The van der Waals surface area contributed by atoms with Crippen LogP contribution in [0.2, 0.25) is 0 Å². The maximum atomic E-state index is 13.7. The monoisotopic (exact) mass is 396 g/mol. The van der Waals surface area contributed by atoms with E-state index in [1.165, 1.54) is 6.07 Å². The van der Waals surface area contributed by atoms with E-state index in [1.54, 1.807) is 0 Å². The van der Waals surface area contributed by atoms with Gasteiger partial charge in [0, 0.05) is 18.1 Å². The number of thioether (sulfide) groups is 1. The lowest BCUT2D eigenvalue weighted by atomic mass is 9.91. The molecule has 148 valence electrons. The number of hydrogen-bond donors (Lipinski definition) is 4. The first kappa shape index (κ1) is 19.7. The zero-order chi connectivity index (χ0) is 19.2. The number of rotatable bonds is 5. The third-order valence-corrected chi connectivity index (χ3v) is 6.10. The van der Waals surface area contributed by atoms with Gasteiger partial charge in [-0.1, -0.05) is 0 Å². The highest BCUT2D eigenvalue weighted by Crippen LogP contribution is 2.24. The van der Waals surface area contributed by atoms with Crippen molar-refractivity contribution in [1.82, 2.24) is 15.6 Å². The molecule has 1 aliphatic heterocycles. The molecule has 1 saturated carbocycles. The van der Waals surface area contributed by atoms with Crippen LogP contribution in [0.1, 0.15) is 48.9 Å². The van der Waals surface area contributed by atoms with Crippen LogP contribution in [0.4, 0.5) is 15.0 Å². The second-order valence-corrected chi connectivity index (χ2v) is 8.28. The van der Waals surface area contributed by atoms with Crippen LogP contribution in [0, 0.1) is 5.82 Å². The fourth-order valence-corrected chi connectivity index (χ4v) is 4.69. The second kappa shape index (κ2) is 9.25. The fourth-order valence-electron chi connectivity index (χ4n) is 3.58. The maximum absolute atomic E-state index is 13.7. The molecule has 0 unspecified atom stereocenters. The van der Waals surface area contributed by atoms with Gasteiger partial charge in [0.2, 0.25) is 0 Å². The Bertz CT molecular complexity index is 677. The average Bonchev–Trinajstić information content (AvgIpc) is 2.65. The van der Waals surface area contributed by atoms with Gasteiger partial charge in [-0.25, -0.2) is 14.2 Å². The number of halogens is 1. The average molecular weight is 396 g/mol. The molecular formula is C18H25FN4O3S. The highest BCUT2D eigenvalue weighted by atomic mass is 32.2. The van der Waals surface area contributed by atoms with E-state index in [9.17, 15) is 14.0 Å². The number of carbonyl (C=O) groups excluding carboxylic acids is 1. The first-order chi connectivity index (χ1) is 13.0. The van der Waals surface area contributed by atoms with Gasteiger partial charge >= 0.3 is 6.09 Å². The van der Waals surface area contributed by atoms with E-state index in [0.717, 1.165) is 30.5 Å². The van der Waals surface area contributed by atoms with E-state index in [4.69, 9.17) is 5.11 Å². The van der Waals surface area contributed by atoms with Crippen molar-refractivity contribution in [3.05, 3.63) is 23.6 Å². The van der Waals surface area contributed by atoms with Crippen LogP contribution in [0.5, 0.6) is 0 Å². The lowest BCUT2D eigenvalue weighted by Crippen LogP contribution is -2.43. The molecule has 1 aromatic heterocycles. The standard InChI is InChI=1S/C18H25FN4O3S/c19-11-9-15(16(20-10-11)21-14-5-7-27-8-6-14)17(24)22-12-1-3-13(4-2-12)23-18(25)26/h9-10,12-14,23H,1-8H2,(H,20,21)(H,22,24)(H,25,26). The molecule has 0 atom stereocenters. The van der Waals surface area contributed by atoms with Gasteiger partial charge in [-0.05, 0) is 56.1 Å². The van der Waals surface area contributed by atoms with Crippen molar-refractivity contribution < 1.29 is 19.1 Å². The molecule has 1 aliphatic carbocycles. The number of pyridine rings is 1. The number of anilines is 1. The topological polar surface area (TPSA) is 103 Å². The molecule has 0 bridgehead atoms. The number of nitrogens with one attached hydrogen (secondary N) is 3. The molecule has 2 amide bonds. The van der Waals surface area contributed by atoms with Crippen LogP contribution in [0.25, 0.3) is 0 Å². The predicted octanol–water partition coefficient (Wildman–Crippen LogP) is 2.84. The smallest absolute Gasteiger partial charge is 0.404 e. The summed E-state index contributed by atoms with van der Waals surface area (Å²) < 4.78 is 13.7. The molecule has 0 aromatic carbocycles. The summed E-state index contributed by atoms with van der Waals surface area (Å²) in [6, 6.07) is 1.34. The summed E-state index contributed by atoms with van der Waals surface area (Å²) in [7, 11) is 0. The molecule has 0 radical (unpaired) electrons. The number of aromatic nitrogens is 1.